The lowest BCUT2D eigenvalue weighted by Gasteiger charge is -2.06. The maximum absolute atomic E-state index is 13.0. The Hall–Kier alpha value is -2.12. The van der Waals surface area contributed by atoms with Crippen LogP contribution >= 0.6 is 11.8 Å². The molecule has 0 spiro atoms. The highest BCUT2D eigenvalue weighted by Gasteiger charge is 2.13. The van der Waals surface area contributed by atoms with Gasteiger partial charge in [0.2, 0.25) is 0 Å². The van der Waals surface area contributed by atoms with Crippen LogP contribution in [0.5, 0.6) is 0 Å². The monoisotopic (exact) mass is 293 g/mol. The van der Waals surface area contributed by atoms with Gasteiger partial charge in [0.1, 0.15) is 11.5 Å². The molecule has 0 fully saturated rings. The van der Waals surface area contributed by atoms with Crippen LogP contribution in [0.4, 0.5) is 15.8 Å². The normalized spacial score (nSPS) is 10.3. The molecule has 0 aromatic heterocycles. The van der Waals surface area contributed by atoms with Gasteiger partial charge >= 0.3 is 0 Å². The van der Waals surface area contributed by atoms with Crippen molar-refractivity contribution in [2.75, 3.05) is 5.43 Å². The summed E-state index contributed by atoms with van der Waals surface area (Å²) in [5.41, 5.74) is 3.35. The molecular weight excluding hydrogens is 281 g/mol. The van der Waals surface area contributed by atoms with Crippen LogP contribution in [-0.2, 0) is 5.75 Å². The first-order valence-electron chi connectivity index (χ1n) is 5.72. The van der Waals surface area contributed by atoms with Crippen LogP contribution in [0, 0.1) is 15.9 Å². The molecule has 2 aromatic carbocycles. The third kappa shape index (κ3) is 3.46. The Balaban J connectivity index is 2.12. The lowest BCUT2D eigenvalue weighted by atomic mass is 10.2. The van der Waals surface area contributed by atoms with Gasteiger partial charge < -0.3 is 5.43 Å². The van der Waals surface area contributed by atoms with Crippen LogP contribution in [0.2, 0.25) is 0 Å². The van der Waals surface area contributed by atoms with Gasteiger partial charge in [0.05, 0.1) is 4.92 Å². The molecule has 20 heavy (non-hydrogen) atoms. The van der Waals surface area contributed by atoms with Crippen LogP contribution < -0.4 is 11.3 Å². The van der Waals surface area contributed by atoms with Gasteiger partial charge in [-0.1, -0.05) is 12.1 Å². The van der Waals surface area contributed by atoms with Gasteiger partial charge in [-0.3, -0.25) is 16.0 Å². The molecule has 0 aliphatic rings. The van der Waals surface area contributed by atoms with E-state index < -0.39 is 4.92 Å². The average molecular weight is 293 g/mol. The summed E-state index contributed by atoms with van der Waals surface area (Å²) in [5, 5.41) is 10.8. The standard InChI is InChI=1S/C13H12FN3O2S/c14-10-2-1-3-11(7-10)20-8-9-4-5-13(17(18)19)12(6-9)16-15/h1-7,16H,8,15H2. The van der Waals surface area contributed by atoms with Crippen molar-refractivity contribution in [1.82, 2.24) is 0 Å². The maximum Gasteiger partial charge on any atom is 0.293 e. The second kappa shape index (κ2) is 6.36. The smallest absolute Gasteiger partial charge is 0.293 e. The van der Waals surface area contributed by atoms with Gasteiger partial charge in [0, 0.05) is 16.7 Å². The molecule has 0 saturated carbocycles. The van der Waals surface area contributed by atoms with Crippen molar-refractivity contribution in [2.45, 2.75) is 10.6 Å². The first-order chi connectivity index (χ1) is 9.60. The van der Waals surface area contributed by atoms with Gasteiger partial charge in [-0.2, -0.15) is 0 Å². The van der Waals surface area contributed by atoms with Crippen molar-refractivity contribution in [3.63, 3.8) is 0 Å². The quantitative estimate of drug-likeness (QED) is 0.382. The predicted molar refractivity (Wildman–Crippen MR) is 76.9 cm³/mol. The number of anilines is 1. The van der Waals surface area contributed by atoms with E-state index >= 15 is 0 Å². The minimum atomic E-state index is -0.501. The van der Waals surface area contributed by atoms with Gasteiger partial charge in [-0.05, 0) is 29.8 Å². The van der Waals surface area contributed by atoms with E-state index in [2.05, 4.69) is 5.43 Å². The molecular formula is C13H12FN3O2S. The van der Waals surface area contributed by atoms with Crippen molar-refractivity contribution in [3.05, 3.63) is 64.0 Å². The molecule has 0 aliphatic carbocycles. The Labute approximate surface area is 119 Å². The van der Waals surface area contributed by atoms with Crippen molar-refractivity contribution in [3.8, 4) is 0 Å². The van der Waals surface area contributed by atoms with Crippen molar-refractivity contribution in [2.24, 2.45) is 5.84 Å². The number of nitrogens with one attached hydrogen (secondary N) is 1. The van der Waals surface area contributed by atoms with Crippen molar-refractivity contribution in [1.29, 1.82) is 0 Å². The number of hydrogen-bond donors (Lipinski definition) is 2. The summed E-state index contributed by atoms with van der Waals surface area (Å²) in [7, 11) is 0. The van der Waals surface area contributed by atoms with Gasteiger partial charge in [-0.15, -0.1) is 11.8 Å². The zero-order valence-electron chi connectivity index (χ0n) is 10.4. The molecule has 0 bridgehead atoms. The molecule has 0 unspecified atom stereocenters. The maximum atomic E-state index is 13.0. The summed E-state index contributed by atoms with van der Waals surface area (Å²) in [6, 6.07) is 10.9. The zero-order valence-corrected chi connectivity index (χ0v) is 11.2. The fourth-order valence-corrected chi connectivity index (χ4v) is 2.55. The van der Waals surface area contributed by atoms with Crippen LogP contribution in [0.3, 0.4) is 0 Å². The molecule has 0 aliphatic heterocycles. The second-order valence-corrected chi connectivity index (χ2v) is 5.05. The number of halogens is 1. The molecule has 2 rings (SSSR count). The average Bonchev–Trinajstić information content (AvgIpc) is 2.44. The molecule has 0 radical (unpaired) electrons. The number of nitro benzene ring substituents is 1. The Morgan fingerprint density at radius 1 is 1.30 bits per heavy atom. The van der Waals surface area contributed by atoms with Gasteiger partial charge in [0.15, 0.2) is 0 Å². The fraction of sp³-hybridized carbons (Fsp3) is 0.0769. The van der Waals surface area contributed by atoms with E-state index in [1.807, 2.05) is 0 Å². The Morgan fingerprint density at radius 2 is 2.10 bits per heavy atom. The summed E-state index contributed by atoms with van der Waals surface area (Å²) >= 11 is 1.44. The van der Waals surface area contributed by atoms with Crippen LogP contribution in [-0.4, -0.2) is 4.92 Å². The van der Waals surface area contributed by atoms with E-state index in [4.69, 9.17) is 5.84 Å². The molecule has 104 valence electrons. The Bertz CT molecular complexity index is 637. The lowest BCUT2D eigenvalue weighted by Crippen LogP contribution is -2.09. The van der Waals surface area contributed by atoms with Crippen LogP contribution in [0.1, 0.15) is 5.56 Å². The van der Waals surface area contributed by atoms with E-state index in [0.717, 1.165) is 10.5 Å². The number of rotatable bonds is 5. The summed E-state index contributed by atoms with van der Waals surface area (Å²) in [4.78, 5) is 11.1. The van der Waals surface area contributed by atoms with E-state index in [-0.39, 0.29) is 17.2 Å². The number of nitrogens with zero attached hydrogens (tertiary/aromatic N) is 1. The molecule has 3 N–H and O–H groups in total. The highest BCUT2D eigenvalue weighted by molar-refractivity contribution is 7.98. The van der Waals surface area contributed by atoms with Gasteiger partial charge in [-0.25, -0.2) is 4.39 Å². The number of hydrogen-bond acceptors (Lipinski definition) is 5. The Morgan fingerprint density at radius 3 is 2.75 bits per heavy atom. The first-order valence-corrected chi connectivity index (χ1v) is 6.71. The Kier molecular flexibility index (Phi) is 4.54. The second-order valence-electron chi connectivity index (χ2n) is 4.00. The molecule has 0 atom stereocenters. The largest absolute Gasteiger partial charge is 0.318 e. The highest BCUT2D eigenvalue weighted by Crippen LogP contribution is 2.28. The van der Waals surface area contributed by atoms with Crippen molar-refractivity contribution >= 4 is 23.1 Å². The molecule has 0 amide bonds. The number of nitrogens with two attached hydrogens (primary N) is 1. The predicted octanol–water partition coefficient (Wildman–Crippen LogP) is 3.31. The number of benzene rings is 2. The zero-order chi connectivity index (χ0) is 14.5. The fourth-order valence-electron chi connectivity index (χ4n) is 1.67. The number of nitro groups is 1. The van der Waals surface area contributed by atoms with E-state index in [0.29, 0.717) is 5.75 Å². The number of thioether (sulfide) groups is 1. The lowest BCUT2D eigenvalue weighted by molar-refractivity contribution is -0.384. The SMILES string of the molecule is NNc1cc(CSc2cccc(F)c2)ccc1[N+](=O)[O-]. The van der Waals surface area contributed by atoms with Crippen molar-refractivity contribution < 1.29 is 9.31 Å². The first kappa shape index (κ1) is 14.3. The molecule has 0 heterocycles. The summed E-state index contributed by atoms with van der Waals surface area (Å²) in [6.45, 7) is 0. The minimum absolute atomic E-state index is 0.0768. The van der Waals surface area contributed by atoms with Gasteiger partial charge in [0.25, 0.3) is 5.69 Å². The van der Waals surface area contributed by atoms with E-state index in [9.17, 15) is 14.5 Å². The molecule has 2 aromatic rings. The third-order valence-electron chi connectivity index (χ3n) is 2.61. The van der Waals surface area contributed by atoms with Crippen LogP contribution in [0.25, 0.3) is 0 Å². The molecule has 7 heteroatoms. The van der Waals surface area contributed by atoms with E-state index in [1.165, 1.54) is 30.0 Å². The van der Waals surface area contributed by atoms with Crippen LogP contribution in [0.15, 0.2) is 47.4 Å². The number of hydrazine groups is 1. The third-order valence-corrected chi connectivity index (χ3v) is 3.68. The topological polar surface area (TPSA) is 81.2 Å². The highest BCUT2D eigenvalue weighted by atomic mass is 32.2. The molecule has 0 saturated heterocycles. The van der Waals surface area contributed by atoms with E-state index in [1.54, 1.807) is 24.3 Å². The summed E-state index contributed by atoms with van der Waals surface area (Å²) in [6.07, 6.45) is 0. The summed E-state index contributed by atoms with van der Waals surface area (Å²) in [5.74, 6) is 5.55. The molecule has 5 nitrogen and oxygen atoms in total. The summed E-state index contributed by atoms with van der Waals surface area (Å²) < 4.78 is 13.0. The number of nitrogen functional groups attached to an aromatic ring is 1. The minimum Gasteiger partial charge on any atom is -0.318 e.